The fourth-order valence-corrected chi connectivity index (χ4v) is 1.98. The molecule has 1 aromatic carbocycles. The zero-order valence-electron chi connectivity index (χ0n) is 11.1. The Morgan fingerprint density at radius 2 is 2.05 bits per heavy atom. The number of hydrogen-bond donors (Lipinski definition) is 0. The molecule has 1 aromatic heterocycles. The summed E-state index contributed by atoms with van der Waals surface area (Å²) < 4.78 is 7.40. The van der Waals surface area contributed by atoms with Crippen LogP contribution in [0.25, 0.3) is 0 Å². The van der Waals surface area contributed by atoms with Crippen molar-refractivity contribution in [2.45, 2.75) is 13.2 Å². The van der Waals surface area contributed by atoms with Crippen molar-refractivity contribution in [3.63, 3.8) is 0 Å². The van der Waals surface area contributed by atoms with Crippen LogP contribution in [0.4, 0.5) is 0 Å². The standard InChI is InChI=1S/C16H15N3O/c1-2-6-14(7-3-1)10-19-11-16(17-18-19)13-20-12-15-8-4-5-9-15/h1-8,11H,10,12-13H2. The largest absolute Gasteiger partial charge is 0.370 e. The van der Waals surface area contributed by atoms with E-state index in [1.807, 2.05) is 47.3 Å². The van der Waals surface area contributed by atoms with Crippen molar-refractivity contribution in [3.05, 3.63) is 77.3 Å². The first-order chi connectivity index (χ1) is 9.90. The van der Waals surface area contributed by atoms with Crippen molar-refractivity contribution in [1.82, 2.24) is 15.0 Å². The Morgan fingerprint density at radius 3 is 2.85 bits per heavy atom. The predicted molar refractivity (Wildman–Crippen MR) is 76.0 cm³/mol. The molecule has 0 bridgehead atoms. The van der Waals surface area contributed by atoms with Gasteiger partial charge in [0.2, 0.25) is 0 Å². The Balaban J connectivity index is 1.52. The minimum absolute atomic E-state index is 0.466. The lowest BCUT2D eigenvalue weighted by atomic mass is 10.2. The molecule has 0 aliphatic heterocycles. The summed E-state index contributed by atoms with van der Waals surface area (Å²) in [6.07, 6.45) is 7.75. The molecule has 2 aromatic rings. The van der Waals surface area contributed by atoms with Gasteiger partial charge in [0, 0.05) is 5.57 Å². The molecule has 0 unspecified atom stereocenters. The third kappa shape index (κ3) is 3.32. The highest BCUT2D eigenvalue weighted by Crippen LogP contribution is 2.05. The summed E-state index contributed by atoms with van der Waals surface area (Å²) in [4.78, 5) is 0. The summed E-state index contributed by atoms with van der Waals surface area (Å²) in [7, 11) is 0. The minimum Gasteiger partial charge on any atom is -0.370 e. The van der Waals surface area contributed by atoms with Crippen molar-refractivity contribution in [3.8, 4) is 0 Å². The lowest BCUT2D eigenvalue weighted by Gasteiger charge is -2.00. The van der Waals surface area contributed by atoms with Crippen molar-refractivity contribution in [1.29, 1.82) is 0 Å². The van der Waals surface area contributed by atoms with Crippen LogP contribution in [-0.2, 0) is 17.9 Å². The summed E-state index contributed by atoms with van der Waals surface area (Å²) in [5, 5.41) is 8.21. The highest BCUT2D eigenvalue weighted by molar-refractivity contribution is 5.29. The van der Waals surface area contributed by atoms with E-state index in [1.54, 1.807) is 0 Å². The topological polar surface area (TPSA) is 39.9 Å². The van der Waals surface area contributed by atoms with Crippen molar-refractivity contribution in [2.75, 3.05) is 6.61 Å². The van der Waals surface area contributed by atoms with Gasteiger partial charge in [0.15, 0.2) is 0 Å². The average Bonchev–Trinajstić information content (AvgIpc) is 3.12. The van der Waals surface area contributed by atoms with Crippen LogP contribution >= 0.6 is 0 Å². The van der Waals surface area contributed by atoms with Crippen LogP contribution in [0.2, 0.25) is 0 Å². The van der Waals surface area contributed by atoms with E-state index < -0.39 is 0 Å². The van der Waals surface area contributed by atoms with Gasteiger partial charge < -0.3 is 4.74 Å². The number of nitrogens with zero attached hydrogens (tertiary/aromatic N) is 3. The van der Waals surface area contributed by atoms with Crippen LogP contribution in [0.1, 0.15) is 11.3 Å². The zero-order chi connectivity index (χ0) is 13.6. The monoisotopic (exact) mass is 265 g/mol. The SMILES string of the molecule is C1=CC=CC=1COCc1cn(Cc2ccccc2)nn1. The lowest BCUT2D eigenvalue weighted by molar-refractivity contribution is 0.141. The van der Waals surface area contributed by atoms with E-state index in [0.29, 0.717) is 13.2 Å². The van der Waals surface area contributed by atoms with E-state index in [1.165, 1.54) is 5.56 Å². The van der Waals surface area contributed by atoms with Gasteiger partial charge >= 0.3 is 0 Å². The molecule has 1 aliphatic rings. The summed E-state index contributed by atoms with van der Waals surface area (Å²) in [6, 6.07) is 10.2. The first-order valence-corrected chi connectivity index (χ1v) is 6.53. The molecule has 3 rings (SSSR count). The van der Waals surface area contributed by atoms with Crippen molar-refractivity contribution in [2.24, 2.45) is 0 Å². The van der Waals surface area contributed by atoms with Gasteiger partial charge in [-0.15, -0.1) is 10.8 Å². The zero-order valence-corrected chi connectivity index (χ0v) is 11.1. The first-order valence-electron chi connectivity index (χ1n) is 6.53. The summed E-state index contributed by atoms with van der Waals surface area (Å²) in [5.41, 5.74) is 6.20. The third-order valence-electron chi connectivity index (χ3n) is 2.94. The van der Waals surface area contributed by atoms with Crippen molar-refractivity contribution < 1.29 is 4.74 Å². The predicted octanol–water partition coefficient (Wildman–Crippen LogP) is 2.49. The lowest BCUT2D eigenvalue weighted by Crippen LogP contribution is -2.00. The van der Waals surface area contributed by atoms with E-state index in [9.17, 15) is 0 Å². The summed E-state index contributed by atoms with van der Waals surface area (Å²) >= 11 is 0. The van der Waals surface area contributed by atoms with Gasteiger partial charge in [0.25, 0.3) is 0 Å². The number of ether oxygens (including phenoxy) is 1. The number of aromatic nitrogens is 3. The van der Waals surface area contributed by atoms with Crippen LogP contribution in [-0.4, -0.2) is 21.6 Å². The molecular formula is C16H15N3O. The smallest absolute Gasteiger partial charge is 0.108 e. The van der Waals surface area contributed by atoms with E-state index in [4.69, 9.17) is 4.74 Å². The molecule has 0 N–H and O–H groups in total. The van der Waals surface area contributed by atoms with E-state index in [2.05, 4.69) is 28.2 Å². The average molecular weight is 265 g/mol. The Hall–Kier alpha value is -2.42. The number of allylic oxidation sites excluding steroid dienone is 1. The van der Waals surface area contributed by atoms with E-state index in [-0.39, 0.29) is 0 Å². The van der Waals surface area contributed by atoms with Crippen LogP contribution in [0, 0.1) is 0 Å². The third-order valence-corrected chi connectivity index (χ3v) is 2.94. The molecular weight excluding hydrogens is 250 g/mol. The maximum atomic E-state index is 5.58. The van der Waals surface area contributed by atoms with Gasteiger partial charge in [-0.2, -0.15) is 0 Å². The molecule has 4 heteroatoms. The maximum Gasteiger partial charge on any atom is 0.108 e. The van der Waals surface area contributed by atoms with Gasteiger partial charge in [-0.1, -0.05) is 41.6 Å². The molecule has 4 nitrogen and oxygen atoms in total. The van der Waals surface area contributed by atoms with Gasteiger partial charge in [-0.05, 0) is 17.7 Å². The highest BCUT2D eigenvalue weighted by atomic mass is 16.5. The number of benzene rings is 1. The Morgan fingerprint density at radius 1 is 1.15 bits per heavy atom. The van der Waals surface area contributed by atoms with Gasteiger partial charge in [0.1, 0.15) is 5.69 Å². The van der Waals surface area contributed by atoms with Crippen molar-refractivity contribution >= 4 is 0 Å². The molecule has 0 fully saturated rings. The number of rotatable bonds is 6. The second-order valence-electron chi connectivity index (χ2n) is 4.58. The first kappa shape index (κ1) is 12.6. The molecule has 0 radical (unpaired) electrons. The van der Waals surface area contributed by atoms with Crippen LogP contribution < -0.4 is 0 Å². The molecule has 100 valence electrons. The summed E-state index contributed by atoms with van der Waals surface area (Å²) in [5.74, 6) is 0. The molecule has 0 saturated heterocycles. The maximum absolute atomic E-state index is 5.58. The Bertz CT molecular complexity index is 664. The van der Waals surface area contributed by atoms with E-state index in [0.717, 1.165) is 17.8 Å². The number of hydrogen-bond acceptors (Lipinski definition) is 3. The highest BCUT2D eigenvalue weighted by Gasteiger charge is 2.03. The normalized spacial score (nSPS) is 12.9. The van der Waals surface area contributed by atoms with E-state index >= 15 is 0 Å². The fourth-order valence-electron chi connectivity index (χ4n) is 1.98. The molecule has 20 heavy (non-hydrogen) atoms. The molecule has 0 atom stereocenters. The fraction of sp³-hybridized carbons (Fsp3) is 0.188. The van der Waals surface area contributed by atoms with Gasteiger partial charge in [-0.25, -0.2) is 4.68 Å². The second-order valence-corrected chi connectivity index (χ2v) is 4.58. The summed E-state index contributed by atoms with van der Waals surface area (Å²) in [6.45, 7) is 1.75. The Labute approximate surface area is 117 Å². The molecule has 1 heterocycles. The van der Waals surface area contributed by atoms with Gasteiger partial charge in [0.05, 0.1) is 26.0 Å². The van der Waals surface area contributed by atoms with Crippen LogP contribution in [0.15, 0.2) is 66.1 Å². The molecule has 0 spiro atoms. The second kappa shape index (κ2) is 6.15. The van der Waals surface area contributed by atoms with Gasteiger partial charge in [-0.3, -0.25) is 0 Å². The van der Waals surface area contributed by atoms with Crippen LogP contribution in [0.3, 0.4) is 0 Å². The molecule has 1 aliphatic carbocycles. The quantitative estimate of drug-likeness (QED) is 0.753. The Kier molecular flexibility index (Phi) is 3.88. The molecule has 0 saturated carbocycles. The molecule has 0 amide bonds. The van der Waals surface area contributed by atoms with Crippen LogP contribution in [0.5, 0.6) is 0 Å². The minimum atomic E-state index is 0.466.